The molecule has 5 heterocycles. The molecule has 1 aromatic carbocycles. The SMILES string of the molecule is CN1C[C@H](Nc2cnn(C)c(=O)c2Br)C[C@H](c2ccc(CN3CCN(c4cc(C5CCC(=O)NC5=O)ccn4)CC3)cc2)C1. The Balaban J connectivity index is 1.02. The minimum absolute atomic E-state index is 0.150. The molecule has 6 rings (SSSR count). The molecule has 3 aromatic rings. The van der Waals surface area contributed by atoms with Gasteiger partial charge in [0.15, 0.2) is 0 Å². The number of nitrogens with zero attached hydrogens (tertiary/aromatic N) is 6. The minimum atomic E-state index is -0.297. The summed E-state index contributed by atoms with van der Waals surface area (Å²) in [5, 5.41) is 10.2. The molecule has 2 aromatic heterocycles. The van der Waals surface area contributed by atoms with Crippen LogP contribution in [-0.2, 0) is 23.2 Å². The van der Waals surface area contributed by atoms with E-state index in [0.717, 1.165) is 69.3 Å². The van der Waals surface area contributed by atoms with Crippen LogP contribution in [0.4, 0.5) is 11.5 Å². The van der Waals surface area contributed by atoms with Crippen LogP contribution in [0, 0.1) is 0 Å². The topological polar surface area (TPSA) is 116 Å². The lowest BCUT2D eigenvalue weighted by Crippen LogP contribution is -2.46. The lowest BCUT2D eigenvalue weighted by Gasteiger charge is -2.37. The fourth-order valence-corrected chi connectivity index (χ4v) is 7.09. The summed E-state index contributed by atoms with van der Waals surface area (Å²) in [7, 11) is 3.79. The zero-order valence-electron chi connectivity index (χ0n) is 25.2. The molecule has 232 valence electrons. The number of nitrogens with one attached hydrogen (secondary N) is 2. The molecule has 0 aliphatic carbocycles. The number of piperazine rings is 1. The number of likely N-dealkylation sites (N-methyl/N-ethyl adjacent to an activating group) is 1. The molecule has 12 heteroatoms. The van der Waals surface area contributed by atoms with E-state index in [2.05, 4.69) is 82.7 Å². The van der Waals surface area contributed by atoms with Gasteiger partial charge < -0.3 is 15.1 Å². The largest absolute Gasteiger partial charge is 0.379 e. The fourth-order valence-electron chi connectivity index (χ4n) is 6.62. The Morgan fingerprint density at radius 1 is 1.00 bits per heavy atom. The molecule has 0 bridgehead atoms. The van der Waals surface area contributed by atoms with Crippen molar-refractivity contribution < 1.29 is 9.59 Å². The van der Waals surface area contributed by atoms with Gasteiger partial charge in [-0.1, -0.05) is 24.3 Å². The normalized spacial score (nSPS) is 23.4. The second-order valence-corrected chi connectivity index (χ2v) is 13.0. The maximum Gasteiger partial charge on any atom is 0.282 e. The van der Waals surface area contributed by atoms with Crippen LogP contribution < -0.4 is 21.1 Å². The van der Waals surface area contributed by atoms with Crippen LogP contribution in [0.1, 0.15) is 47.8 Å². The van der Waals surface area contributed by atoms with Crippen LogP contribution in [-0.4, -0.2) is 88.7 Å². The Kier molecular flexibility index (Phi) is 9.11. The van der Waals surface area contributed by atoms with Crippen LogP contribution >= 0.6 is 15.9 Å². The van der Waals surface area contributed by atoms with E-state index < -0.39 is 0 Å². The summed E-state index contributed by atoms with van der Waals surface area (Å²) in [6, 6.07) is 13.2. The Morgan fingerprint density at radius 3 is 2.52 bits per heavy atom. The molecule has 3 aliphatic rings. The lowest BCUT2D eigenvalue weighted by molar-refractivity contribution is -0.134. The average Bonchev–Trinajstić information content (AvgIpc) is 3.02. The standard InChI is InChI=1S/C32H39BrN8O3/c1-38-19-24(15-25(20-38)36-27-17-35-39(2)32(44)30(27)33)22-5-3-21(4-6-22)18-40-11-13-41(14-12-40)28-16-23(9-10-34-28)26-7-8-29(42)37-31(26)43/h3-6,9-10,16-17,24-26,36H,7-8,11-15,18-20H2,1-2H3,(H,37,42,43)/t24-,25+,26?/m0/s1. The van der Waals surface area contributed by atoms with Crippen molar-refractivity contribution in [1.29, 1.82) is 0 Å². The van der Waals surface area contributed by atoms with Crippen molar-refractivity contribution >= 4 is 39.2 Å². The molecule has 0 spiro atoms. The first-order valence-corrected chi connectivity index (χ1v) is 16.1. The predicted molar refractivity (Wildman–Crippen MR) is 173 cm³/mol. The predicted octanol–water partition coefficient (Wildman–Crippen LogP) is 2.68. The number of hydrogen-bond acceptors (Lipinski definition) is 9. The van der Waals surface area contributed by atoms with Crippen LogP contribution in [0.15, 0.2) is 58.1 Å². The third-order valence-corrected chi connectivity index (χ3v) is 9.80. The van der Waals surface area contributed by atoms with Crippen LogP contribution in [0.25, 0.3) is 0 Å². The van der Waals surface area contributed by atoms with Crippen molar-refractivity contribution in [3.63, 3.8) is 0 Å². The molecule has 1 unspecified atom stereocenters. The van der Waals surface area contributed by atoms with E-state index in [1.807, 2.05) is 12.1 Å². The highest BCUT2D eigenvalue weighted by molar-refractivity contribution is 9.10. The number of carbonyl (C=O) groups is 2. The molecule has 44 heavy (non-hydrogen) atoms. The third kappa shape index (κ3) is 6.87. The van der Waals surface area contributed by atoms with E-state index in [4.69, 9.17) is 0 Å². The second-order valence-electron chi connectivity index (χ2n) is 12.3. The maximum atomic E-state index is 12.4. The molecule has 3 saturated heterocycles. The number of aromatic nitrogens is 3. The van der Waals surface area contributed by atoms with Crippen LogP contribution in [0.3, 0.4) is 0 Å². The zero-order chi connectivity index (χ0) is 30.8. The first-order chi connectivity index (χ1) is 21.2. The van der Waals surface area contributed by atoms with Gasteiger partial charge in [-0.05, 0) is 70.6 Å². The van der Waals surface area contributed by atoms with Gasteiger partial charge in [-0.25, -0.2) is 9.67 Å². The highest BCUT2D eigenvalue weighted by Gasteiger charge is 2.30. The third-order valence-electron chi connectivity index (χ3n) is 9.04. The van der Waals surface area contributed by atoms with Crippen LogP contribution in [0.5, 0.6) is 0 Å². The maximum absolute atomic E-state index is 12.4. The molecule has 0 radical (unpaired) electrons. The van der Waals surface area contributed by atoms with Gasteiger partial charge in [0.2, 0.25) is 11.8 Å². The summed E-state index contributed by atoms with van der Waals surface area (Å²) in [5.74, 6) is 0.575. The Hall–Kier alpha value is -3.61. The lowest BCUT2D eigenvalue weighted by atomic mass is 9.87. The van der Waals surface area contributed by atoms with Crippen molar-refractivity contribution in [2.24, 2.45) is 7.05 Å². The number of pyridine rings is 1. The molecule has 11 nitrogen and oxygen atoms in total. The first kappa shape index (κ1) is 30.4. The summed E-state index contributed by atoms with van der Waals surface area (Å²) in [6.07, 6.45) is 5.37. The van der Waals surface area contributed by atoms with Gasteiger partial charge in [0, 0.05) is 71.5 Å². The number of imide groups is 1. The van der Waals surface area contributed by atoms with Gasteiger partial charge in [0.1, 0.15) is 10.3 Å². The van der Waals surface area contributed by atoms with Crippen molar-refractivity contribution in [2.75, 3.05) is 56.5 Å². The molecule has 3 atom stereocenters. The smallest absolute Gasteiger partial charge is 0.282 e. The molecule has 0 saturated carbocycles. The van der Waals surface area contributed by atoms with E-state index in [0.29, 0.717) is 23.2 Å². The van der Waals surface area contributed by atoms with Gasteiger partial charge in [0.25, 0.3) is 5.56 Å². The van der Waals surface area contributed by atoms with Crippen LogP contribution in [0.2, 0.25) is 0 Å². The number of anilines is 2. The highest BCUT2D eigenvalue weighted by Crippen LogP contribution is 2.30. The number of piperidine rings is 2. The number of hydrogen-bond donors (Lipinski definition) is 2. The van der Waals surface area contributed by atoms with Gasteiger partial charge >= 0.3 is 0 Å². The van der Waals surface area contributed by atoms with E-state index in [-0.39, 0.29) is 29.3 Å². The molecular weight excluding hydrogens is 624 g/mol. The highest BCUT2D eigenvalue weighted by atomic mass is 79.9. The number of likely N-dealkylation sites (tertiary alicyclic amines) is 1. The molecule has 3 fully saturated rings. The number of amides is 2. The molecule has 2 amide bonds. The van der Waals surface area contributed by atoms with E-state index in [9.17, 15) is 14.4 Å². The fraction of sp³-hybridized carbons (Fsp3) is 0.469. The number of halogens is 1. The van der Waals surface area contributed by atoms with Gasteiger partial charge in [-0.2, -0.15) is 5.10 Å². The van der Waals surface area contributed by atoms with Gasteiger partial charge in [0.05, 0.1) is 17.8 Å². The molecular formula is C32H39BrN8O3. The summed E-state index contributed by atoms with van der Waals surface area (Å²) in [6.45, 7) is 6.39. The molecule has 2 N–H and O–H groups in total. The Labute approximate surface area is 265 Å². The van der Waals surface area contributed by atoms with E-state index in [1.54, 1.807) is 19.4 Å². The summed E-state index contributed by atoms with van der Waals surface area (Å²) in [5.41, 5.74) is 4.14. The van der Waals surface area contributed by atoms with Crippen molar-refractivity contribution in [3.05, 3.63) is 80.3 Å². The first-order valence-electron chi connectivity index (χ1n) is 15.3. The summed E-state index contributed by atoms with van der Waals surface area (Å²) >= 11 is 3.44. The number of carbonyl (C=O) groups excluding carboxylic acids is 2. The average molecular weight is 664 g/mol. The monoisotopic (exact) mass is 662 g/mol. The van der Waals surface area contributed by atoms with E-state index in [1.165, 1.54) is 15.8 Å². The van der Waals surface area contributed by atoms with Gasteiger partial charge in [-0.15, -0.1) is 0 Å². The van der Waals surface area contributed by atoms with Crippen molar-refractivity contribution in [2.45, 2.75) is 43.7 Å². The Bertz CT molecular complexity index is 1570. The number of rotatable bonds is 7. The Morgan fingerprint density at radius 2 is 1.77 bits per heavy atom. The number of benzene rings is 1. The number of aryl methyl sites for hydroxylation is 1. The minimum Gasteiger partial charge on any atom is -0.379 e. The second kappa shape index (κ2) is 13.2. The van der Waals surface area contributed by atoms with Gasteiger partial charge in [-0.3, -0.25) is 24.6 Å². The molecule has 3 aliphatic heterocycles. The summed E-state index contributed by atoms with van der Waals surface area (Å²) in [4.78, 5) is 47.9. The van der Waals surface area contributed by atoms with Crippen molar-refractivity contribution in [3.8, 4) is 0 Å². The summed E-state index contributed by atoms with van der Waals surface area (Å²) < 4.78 is 1.84. The van der Waals surface area contributed by atoms with Crippen molar-refractivity contribution in [1.82, 2.24) is 29.9 Å². The van der Waals surface area contributed by atoms with E-state index >= 15 is 0 Å². The quantitative estimate of drug-likeness (QED) is 0.369. The zero-order valence-corrected chi connectivity index (χ0v) is 26.8.